The predicted molar refractivity (Wildman–Crippen MR) is 73.8 cm³/mol. The van der Waals surface area contributed by atoms with Crippen LogP contribution in [-0.2, 0) is 0 Å². The summed E-state index contributed by atoms with van der Waals surface area (Å²) < 4.78 is 6.86. The summed E-state index contributed by atoms with van der Waals surface area (Å²) in [6.45, 7) is 2.00. The van der Waals surface area contributed by atoms with Gasteiger partial charge in [-0.1, -0.05) is 6.07 Å². The quantitative estimate of drug-likeness (QED) is 0.903. The molecule has 0 bridgehead atoms. The van der Waals surface area contributed by atoms with Gasteiger partial charge in [0.25, 0.3) is 0 Å². The van der Waals surface area contributed by atoms with Crippen molar-refractivity contribution < 1.29 is 4.74 Å². The van der Waals surface area contributed by atoms with Crippen molar-refractivity contribution in [1.29, 1.82) is 0 Å². The van der Waals surface area contributed by atoms with Crippen LogP contribution in [0, 0.1) is 0 Å². The molecule has 0 aliphatic carbocycles. The average molecular weight is 259 g/mol. The van der Waals surface area contributed by atoms with E-state index in [1.165, 1.54) is 12.8 Å². The maximum atomic E-state index is 5.95. The summed E-state index contributed by atoms with van der Waals surface area (Å²) in [5.41, 5.74) is 6.81. The van der Waals surface area contributed by atoms with Gasteiger partial charge >= 0.3 is 0 Å². The molecule has 1 aromatic heterocycles. The van der Waals surface area contributed by atoms with Crippen LogP contribution in [0.1, 0.15) is 12.8 Å². The van der Waals surface area contributed by atoms with E-state index in [1.807, 2.05) is 24.3 Å². The zero-order chi connectivity index (χ0) is 13.2. The van der Waals surface area contributed by atoms with Gasteiger partial charge in [-0.3, -0.25) is 0 Å². The largest absolute Gasteiger partial charge is 0.497 e. The van der Waals surface area contributed by atoms with Gasteiger partial charge in [0.15, 0.2) is 0 Å². The zero-order valence-electron chi connectivity index (χ0n) is 10.9. The maximum absolute atomic E-state index is 5.95. The average Bonchev–Trinajstić information content (AvgIpc) is 3.07. The number of methoxy groups -OCH3 is 1. The van der Waals surface area contributed by atoms with E-state index in [1.54, 1.807) is 11.8 Å². The first-order chi connectivity index (χ1) is 9.28. The number of nitrogens with two attached hydrogens (primary N) is 1. The van der Waals surface area contributed by atoms with Gasteiger partial charge in [-0.25, -0.2) is 0 Å². The summed E-state index contributed by atoms with van der Waals surface area (Å²) in [6.07, 6.45) is 2.38. The lowest BCUT2D eigenvalue weighted by molar-refractivity contribution is 0.414. The first-order valence-electron chi connectivity index (χ1n) is 6.40. The Kier molecular flexibility index (Phi) is 2.98. The van der Waals surface area contributed by atoms with Gasteiger partial charge in [0.05, 0.1) is 12.8 Å². The first-order valence-corrected chi connectivity index (χ1v) is 6.40. The second-order valence-electron chi connectivity index (χ2n) is 4.58. The van der Waals surface area contributed by atoms with Crippen molar-refractivity contribution in [3.63, 3.8) is 0 Å². The molecule has 0 amide bonds. The third-order valence-electron chi connectivity index (χ3n) is 3.31. The second kappa shape index (κ2) is 4.79. The Bertz CT molecular complexity index is 574. The van der Waals surface area contributed by atoms with E-state index in [9.17, 15) is 0 Å². The van der Waals surface area contributed by atoms with Gasteiger partial charge in [-0.15, -0.1) is 5.10 Å². The van der Waals surface area contributed by atoms with Gasteiger partial charge in [-0.05, 0) is 25.0 Å². The lowest BCUT2D eigenvalue weighted by atomic mass is 10.3. The molecule has 3 rings (SSSR count). The number of anilines is 2. The Hall–Kier alpha value is -2.24. The Morgan fingerprint density at radius 3 is 2.79 bits per heavy atom. The predicted octanol–water partition coefficient (Wildman–Crippen LogP) is 1.46. The first kappa shape index (κ1) is 11.8. The van der Waals surface area contributed by atoms with Gasteiger partial charge in [-0.2, -0.15) is 9.67 Å². The summed E-state index contributed by atoms with van der Waals surface area (Å²) in [6, 6.07) is 7.61. The summed E-state index contributed by atoms with van der Waals surface area (Å²) >= 11 is 0. The number of aromatic nitrogens is 3. The van der Waals surface area contributed by atoms with E-state index < -0.39 is 0 Å². The molecule has 19 heavy (non-hydrogen) atoms. The molecular weight excluding hydrogens is 242 g/mol. The zero-order valence-corrected chi connectivity index (χ0v) is 10.9. The highest BCUT2D eigenvalue weighted by atomic mass is 16.5. The molecular formula is C13H17N5O. The molecule has 1 aliphatic rings. The minimum absolute atomic E-state index is 0.398. The Morgan fingerprint density at radius 1 is 1.26 bits per heavy atom. The van der Waals surface area contributed by atoms with E-state index in [2.05, 4.69) is 15.0 Å². The fourth-order valence-corrected chi connectivity index (χ4v) is 2.30. The molecule has 6 heteroatoms. The van der Waals surface area contributed by atoms with Crippen LogP contribution in [0.15, 0.2) is 24.3 Å². The fraction of sp³-hybridized carbons (Fsp3) is 0.385. The van der Waals surface area contributed by atoms with Crippen molar-refractivity contribution in [1.82, 2.24) is 14.8 Å². The number of hydrogen-bond acceptors (Lipinski definition) is 5. The number of hydrogen-bond donors (Lipinski definition) is 1. The molecule has 1 aromatic carbocycles. The molecule has 2 heterocycles. The molecule has 0 spiro atoms. The van der Waals surface area contributed by atoms with E-state index in [0.717, 1.165) is 24.5 Å². The molecule has 0 saturated carbocycles. The van der Waals surface area contributed by atoms with E-state index in [0.29, 0.717) is 11.9 Å². The lowest BCUT2D eigenvalue weighted by Crippen LogP contribution is -2.19. The normalized spacial score (nSPS) is 14.9. The van der Waals surface area contributed by atoms with Crippen LogP contribution in [0.4, 0.5) is 11.9 Å². The Labute approximate surface area is 111 Å². The molecule has 0 atom stereocenters. The SMILES string of the molecule is COc1cccc(-n2nc(N3CCCC3)nc2N)c1. The Balaban J connectivity index is 1.95. The molecule has 0 radical (unpaired) electrons. The van der Waals surface area contributed by atoms with Crippen molar-refractivity contribution >= 4 is 11.9 Å². The Morgan fingerprint density at radius 2 is 2.05 bits per heavy atom. The van der Waals surface area contributed by atoms with Gasteiger partial charge in [0.2, 0.25) is 11.9 Å². The third kappa shape index (κ3) is 2.21. The number of nitrogens with zero attached hydrogens (tertiary/aromatic N) is 4. The van der Waals surface area contributed by atoms with Gasteiger partial charge in [0.1, 0.15) is 5.75 Å². The van der Waals surface area contributed by atoms with E-state index >= 15 is 0 Å². The molecule has 1 fully saturated rings. The van der Waals surface area contributed by atoms with E-state index in [-0.39, 0.29) is 0 Å². The maximum Gasteiger partial charge on any atom is 0.246 e. The molecule has 6 nitrogen and oxygen atoms in total. The van der Waals surface area contributed by atoms with Crippen molar-refractivity contribution in [2.75, 3.05) is 30.8 Å². The minimum Gasteiger partial charge on any atom is -0.497 e. The second-order valence-corrected chi connectivity index (χ2v) is 4.58. The highest BCUT2D eigenvalue weighted by Gasteiger charge is 2.18. The minimum atomic E-state index is 0.398. The van der Waals surface area contributed by atoms with E-state index in [4.69, 9.17) is 10.5 Å². The highest BCUT2D eigenvalue weighted by Crippen LogP contribution is 2.22. The summed E-state index contributed by atoms with van der Waals surface area (Å²) in [4.78, 5) is 6.50. The van der Waals surface area contributed by atoms with Crippen LogP contribution < -0.4 is 15.4 Å². The summed E-state index contributed by atoms with van der Waals surface area (Å²) in [5, 5.41) is 4.49. The summed E-state index contributed by atoms with van der Waals surface area (Å²) in [5.74, 6) is 1.88. The standard InChI is InChI=1S/C13H17N5O/c1-19-11-6-4-5-10(9-11)18-12(14)15-13(16-18)17-7-2-3-8-17/h4-6,9H,2-3,7-8H2,1H3,(H2,14,15,16). The molecule has 0 unspecified atom stereocenters. The topological polar surface area (TPSA) is 69.2 Å². The molecule has 1 saturated heterocycles. The number of benzene rings is 1. The van der Waals surface area contributed by atoms with Crippen LogP contribution in [-0.4, -0.2) is 35.0 Å². The number of nitrogen functional groups attached to an aromatic ring is 1. The van der Waals surface area contributed by atoms with Crippen LogP contribution in [0.3, 0.4) is 0 Å². The smallest absolute Gasteiger partial charge is 0.246 e. The van der Waals surface area contributed by atoms with Crippen LogP contribution >= 0.6 is 0 Å². The fourth-order valence-electron chi connectivity index (χ4n) is 2.30. The van der Waals surface area contributed by atoms with Gasteiger partial charge in [0, 0.05) is 19.2 Å². The molecule has 100 valence electrons. The van der Waals surface area contributed by atoms with Gasteiger partial charge < -0.3 is 15.4 Å². The van der Waals surface area contributed by atoms with Crippen molar-refractivity contribution in [2.45, 2.75) is 12.8 Å². The van der Waals surface area contributed by atoms with Crippen molar-refractivity contribution in [3.8, 4) is 11.4 Å². The third-order valence-corrected chi connectivity index (χ3v) is 3.31. The summed E-state index contributed by atoms with van der Waals surface area (Å²) in [7, 11) is 1.64. The molecule has 2 aromatic rings. The molecule has 1 aliphatic heterocycles. The lowest BCUT2D eigenvalue weighted by Gasteiger charge is -2.11. The highest BCUT2D eigenvalue weighted by molar-refractivity contribution is 5.46. The van der Waals surface area contributed by atoms with Crippen LogP contribution in [0.5, 0.6) is 5.75 Å². The van der Waals surface area contributed by atoms with Crippen molar-refractivity contribution in [3.05, 3.63) is 24.3 Å². The van der Waals surface area contributed by atoms with Crippen LogP contribution in [0.25, 0.3) is 5.69 Å². The van der Waals surface area contributed by atoms with Crippen molar-refractivity contribution in [2.24, 2.45) is 0 Å². The monoisotopic (exact) mass is 259 g/mol. The number of rotatable bonds is 3. The van der Waals surface area contributed by atoms with Crippen LogP contribution in [0.2, 0.25) is 0 Å². The molecule has 2 N–H and O–H groups in total. The number of ether oxygens (including phenoxy) is 1.